The summed E-state index contributed by atoms with van der Waals surface area (Å²) in [5, 5.41) is 37.2. The molecule has 0 amide bonds. The van der Waals surface area contributed by atoms with Crippen LogP contribution in [0.1, 0.15) is 142 Å². The molecule has 0 unspecified atom stereocenters. The van der Waals surface area contributed by atoms with E-state index in [9.17, 15) is 41.8 Å². The first-order valence-electron chi connectivity index (χ1n) is 19.9. The SMILES string of the molecule is CC(C)(O)CCOc1cnc(N2CCC(c3nc4c(c(C5CCC(F)(F)CC5)c3[C@@H](F)c3ccc(C(F)(F)F)cc3)[C@@H](O)CC(C)(C)C4)CC2)nc1.O=C(O)C=CC(=O)O. The number of carboxylic acids is 2. The molecular formula is C43H52F6N4O7. The molecule has 2 aliphatic carbocycles. The first-order valence-corrected chi connectivity index (χ1v) is 19.9. The van der Waals surface area contributed by atoms with Crippen molar-refractivity contribution in [2.24, 2.45) is 5.41 Å². The van der Waals surface area contributed by atoms with Crippen molar-refractivity contribution in [3.05, 3.63) is 88.0 Å². The summed E-state index contributed by atoms with van der Waals surface area (Å²) in [5.41, 5.74) is 0.273. The van der Waals surface area contributed by atoms with Crippen molar-refractivity contribution in [2.45, 2.75) is 127 Å². The van der Waals surface area contributed by atoms with Gasteiger partial charge in [0, 0.05) is 67.2 Å². The Bertz CT molecular complexity index is 1970. The van der Waals surface area contributed by atoms with Crippen molar-refractivity contribution in [3.63, 3.8) is 0 Å². The van der Waals surface area contributed by atoms with Crippen LogP contribution in [-0.2, 0) is 22.2 Å². The van der Waals surface area contributed by atoms with E-state index in [1.165, 1.54) is 0 Å². The minimum atomic E-state index is -4.60. The first-order chi connectivity index (χ1) is 27.9. The topological polar surface area (TPSA) is 166 Å². The van der Waals surface area contributed by atoms with Gasteiger partial charge in [0.05, 0.1) is 42.0 Å². The second kappa shape index (κ2) is 18.5. The van der Waals surface area contributed by atoms with Gasteiger partial charge in [-0.25, -0.2) is 32.7 Å². The van der Waals surface area contributed by atoms with Gasteiger partial charge in [-0.3, -0.25) is 4.98 Å². The average molecular weight is 851 g/mol. The van der Waals surface area contributed by atoms with E-state index < -0.39 is 53.4 Å². The number of benzene rings is 1. The number of ether oxygens (including phenoxy) is 1. The maximum atomic E-state index is 17.3. The number of pyridine rings is 1. The Kier molecular flexibility index (Phi) is 14.2. The predicted molar refractivity (Wildman–Crippen MR) is 209 cm³/mol. The Balaban J connectivity index is 0.000000774. The molecule has 17 heteroatoms. The van der Waals surface area contributed by atoms with Gasteiger partial charge in [-0.2, -0.15) is 13.2 Å². The maximum Gasteiger partial charge on any atom is 0.416 e. The van der Waals surface area contributed by atoms with Gasteiger partial charge in [-0.1, -0.05) is 26.0 Å². The molecular weight excluding hydrogens is 798 g/mol. The van der Waals surface area contributed by atoms with Crippen LogP contribution in [0.15, 0.2) is 48.8 Å². The monoisotopic (exact) mass is 850 g/mol. The Morgan fingerprint density at radius 2 is 1.50 bits per heavy atom. The summed E-state index contributed by atoms with van der Waals surface area (Å²) < 4.78 is 92.3. The lowest BCUT2D eigenvalue weighted by Crippen LogP contribution is -2.36. The summed E-state index contributed by atoms with van der Waals surface area (Å²) in [6.45, 7) is 8.78. The molecule has 1 saturated heterocycles. The Morgan fingerprint density at radius 3 is 2.02 bits per heavy atom. The van der Waals surface area contributed by atoms with Crippen LogP contribution in [0.3, 0.4) is 0 Å². The van der Waals surface area contributed by atoms with E-state index in [0.717, 1.165) is 24.3 Å². The molecule has 2 atom stereocenters. The van der Waals surface area contributed by atoms with E-state index in [1.807, 2.05) is 18.7 Å². The minimum Gasteiger partial charge on any atom is -0.490 e. The molecule has 6 rings (SSSR count). The van der Waals surface area contributed by atoms with E-state index in [4.69, 9.17) is 19.9 Å². The van der Waals surface area contributed by atoms with Gasteiger partial charge in [0.1, 0.15) is 0 Å². The third-order valence-corrected chi connectivity index (χ3v) is 11.2. The lowest BCUT2D eigenvalue weighted by molar-refractivity contribution is -0.137. The predicted octanol–water partition coefficient (Wildman–Crippen LogP) is 8.88. The number of halogens is 6. The molecule has 2 aromatic heterocycles. The van der Waals surface area contributed by atoms with Crippen LogP contribution in [0, 0.1) is 5.41 Å². The molecule has 1 aromatic carbocycles. The Labute approximate surface area is 344 Å². The molecule has 1 aliphatic heterocycles. The molecule has 1 saturated carbocycles. The maximum absolute atomic E-state index is 17.3. The molecule has 4 N–H and O–H groups in total. The molecule has 0 spiro atoms. The molecule has 2 fully saturated rings. The van der Waals surface area contributed by atoms with Crippen LogP contribution in [-0.4, -0.2) is 78.5 Å². The van der Waals surface area contributed by atoms with Gasteiger partial charge >= 0.3 is 18.1 Å². The summed E-state index contributed by atoms with van der Waals surface area (Å²) in [4.78, 5) is 35.2. The third kappa shape index (κ3) is 12.2. The quantitative estimate of drug-likeness (QED) is 0.108. The van der Waals surface area contributed by atoms with Gasteiger partial charge in [0.25, 0.3) is 0 Å². The minimum absolute atomic E-state index is 0.0136. The summed E-state index contributed by atoms with van der Waals surface area (Å²) >= 11 is 0. The number of aromatic nitrogens is 3. The van der Waals surface area contributed by atoms with Crippen molar-refractivity contribution >= 4 is 17.9 Å². The number of hydrogen-bond donors (Lipinski definition) is 4. The van der Waals surface area contributed by atoms with Gasteiger partial charge in [-0.05, 0) is 87.0 Å². The number of aliphatic carboxylic acids is 2. The van der Waals surface area contributed by atoms with Gasteiger partial charge in [0.2, 0.25) is 11.9 Å². The summed E-state index contributed by atoms with van der Waals surface area (Å²) in [5.74, 6) is -5.11. The number of carboxylic acid groups (broad SMARTS) is 2. The number of anilines is 1. The molecule has 60 heavy (non-hydrogen) atoms. The van der Waals surface area contributed by atoms with Crippen molar-refractivity contribution in [1.82, 2.24) is 15.0 Å². The molecule has 3 aliphatic rings. The fourth-order valence-electron chi connectivity index (χ4n) is 8.18. The van der Waals surface area contributed by atoms with Crippen molar-refractivity contribution in [3.8, 4) is 5.75 Å². The van der Waals surface area contributed by atoms with Gasteiger partial charge in [0.15, 0.2) is 11.9 Å². The molecule has 3 heterocycles. The van der Waals surface area contributed by atoms with Crippen LogP contribution in [0.4, 0.5) is 32.3 Å². The molecule has 0 radical (unpaired) electrons. The summed E-state index contributed by atoms with van der Waals surface area (Å²) in [7, 11) is 0. The van der Waals surface area contributed by atoms with E-state index in [2.05, 4.69) is 9.97 Å². The molecule has 328 valence electrons. The zero-order chi connectivity index (χ0) is 44.2. The fourth-order valence-corrected chi connectivity index (χ4v) is 8.18. The van der Waals surface area contributed by atoms with E-state index >= 15 is 4.39 Å². The second-order valence-electron chi connectivity index (χ2n) is 17.3. The highest BCUT2D eigenvalue weighted by Crippen LogP contribution is 2.52. The fraction of sp³-hybridized carbons (Fsp3) is 0.558. The zero-order valence-electron chi connectivity index (χ0n) is 34.0. The highest BCUT2D eigenvalue weighted by molar-refractivity contribution is 5.89. The standard InChI is InChI=1S/C39H48F6N4O3.C4H4O4/c1-36(2)19-28-31(29(50)20-36)30(23-9-13-38(41,42)14-10-23)32(33(40)24-5-7-26(8-6-24)39(43,44)45)34(48-28)25-11-16-49(17-12-25)35-46-21-27(22-47-35)52-18-15-37(3,4)51;5-3(6)1-2-4(7)8/h5-8,21-23,25,29,33,50-51H,9-20H2,1-4H3;1-2H,(H,5,6)(H,7,8)/t29-,33-;/m0./s1. The van der Waals surface area contributed by atoms with Crippen LogP contribution in [0.2, 0.25) is 0 Å². The lowest BCUT2D eigenvalue weighted by Gasteiger charge is -2.41. The highest BCUT2D eigenvalue weighted by Gasteiger charge is 2.44. The van der Waals surface area contributed by atoms with Crippen LogP contribution < -0.4 is 9.64 Å². The smallest absolute Gasteiger partial charge is 0.416 e. The number of hydrogen-bond acceptors (Lipinski definition) is 9. The summed E-state index contributed by atoms with van der Waals surface area (Å²) in [6.07, 6.45) is -1.34. The van der Waals surface area contributed by atoms with E-state index in [-0.39, 0.29) is 48.1 Å². The van der Waals surface area contributed by atoms with Crippen molar-refractivity contribution < 1.29 is 61.1 Å². The normalized spacial score (nSPS) is 20.2. The number of nitrogens with zero attached hydrogens (tertiary/aromatic N) is 4. The lowest BCUT2D eigenvalue weighted by atomic mass is 9.68. The number of fused-ring (bicyclic) bond motifs is 1. The number of carbonyl (C=O) groups is 2. The number of piperidine rings is 1. The second-order valence-corrected chi connectivity index (χ2v) is 17.3. The van der Waals surface area contributed by atoms with Crippen LogP contribution in [0.5, 0.6) is 5.75 Å². The average Bonchev–Trinajstić information content (AvgIpc) is 3.15. The third-order valence-electron chi connectivity index (χ3n) is 11.2. The Morgan fingerprint density at radius 1 is 0.933 bits per heavy atom. The van der Waals surface area contributed by atoms with Gasteiger partial charge < -0.3 is 30.1 Å². The molecule has 3 aromatic rings. The van der Waals surface area contributed by atoms with Crippen molar-refractivity contribution in [2.75, 3.05) is 24.6 Å². The van der Waals surface area contributed by atoms with Gasteiger partial charge in [-0.15, -0.1) is 0 Å². The van der Waals surface area contributed by atoms with E-state index in [0.29, 0.717) is 98.2 Å². The summed E-state index contributed by atoms with van der Waals surface area (Å²) in [6, 6.07) is 3.97. The highest BCUT2D eigenvalue weighted by atomic mass is 19.4. The Hall–Kier alpha value is -4.77. The molecule has 0 bridgehead atoms. The van der Waals surface area contributed by atoms with Crippen LogP contribution in [0.25, 0.3) is 0 Å². The molecule has 11 nitrogen and oxygen atoms in total. The van der Waals surface area contributed by atoms with Crippen LogP contribution >= 0.6 is 0 Å². The number of aliphatic hydroxyl groups is 2. The largest absolute Gasteiger partial charge is 0.490 e. The first kappa shape index (κ1) is 46.3. The zero-order valence-corrected chi connectivity index (χ0v) is 34.0. The number of rotatable bonds is 11. The number of alkyl halides is 6. The van der Waals surface area contributed by atoms with E-state index in [1.54, 1.807) is 26.2 Å². The number of aliphatic hydroxyl groups excluding tert-OH is 1. The van der Waals surface area contributed by atoms with Crippen molar-refractivity contribution in [1.29, 1.82) is 0 Å².